The number of thiazole rings is 1. The summed E-state index contributed by atoms with van der Waals surface area (Å²) in [5, 5.41) is 19.5. The van der Waals surface area contributed by atoms with Crippen molar-refractivity contribution in [2.45, 2.75) is 36.1 Å². The predicted molar refractivity (Wildman–Crippen MR) is 98.1 cm³/mol. The number of nitrogens with two attached hydrogens (primary N) is 1. The highest BCUT2D eigenvalue weighted by Gasteiger charge is 2.47. The number of aldehydes is 1. The second-order valence-corrected chi connectivity index (χ2v) is 8.59. The van der Waals surface area contributed by atoms with E-state index in [0.717, 1.165) is 11.3 Å². The van der Waals surface area contributed by atoms with Crippen molar-refractivity contribution in [1.29, 1.82) is 0 Å². The molecule has 1 aromatic heterocycles. The number of nitrogens with one attached hydrogen (secondary N) is 2. The van der Waals surface area contributed by atoms with Gasteiger partial charge in [0.1, 0.15) is 31.2 Å². The van der Waals surface area contributed by atoms with Crippen molar-refractivity contribution in [3.63, 3.8) is 0 Å². The number of carbonyl (C=O) groups excluding carboxylic acids is 2. The summed E-state index contributed by atoms with van der Waals surface area (Å²) in [6.45, 7) is 3.51. The smallest absolute Gasteiger partial charge is 0.322 e. The molecule has 1 saturated heterocycles. The van der Waals surface area contributed by atoms with E-state index in [9.17, 15) is 19.5 Å². The van der Waals surface area contributed by atoms with Gasteiger partial charge in [0, 0.05) is 10.1 Å². The first-order valence-electron chi connectivity index (χ1n) is 7.45. The van der Waals surface area contributed by atoms with Gasteiger partial charge in [0.25, 0.3) is 5.91 Å². The Morgan fingerprint density at radius 1 is 1.58 bits per heavy atom. The third-order valence-electron chi connectivity index (χ3n) is 3.64. The van der Waals surface area contributed by atoms with Crippen LogP contribution in [0.5, 0.6) is 0 Å². The van der Waals surface area contributed by atoms with E-state index < -0.39 is 34.1 Å². The molecule has 5 N–H and O–H groups in total. The fourth-order valence-electron chi connectivity index (χ4n) is 2.43. The van der Waals surface area contributed by atoms with Gasteiger partial charge in [-0.1, -0.05) is 5.16 Å². The predicted octanol–water partition coefficient (Wildman–Crippen LogP) is -0.346. The summed E-state index contributed by atoms with van der Waals surface area (Å²) in [6, 6.07) is -1.84. The molecule has 2 heterocycles. The Bertz CT molecular complexity index is 735. The van der Waals surface area contributed by atoms with E-state index in [2.05, 4.69) is 25.6 Å². The molecule has 1 fully saturated rings. The van der Waals surface area contributed by atoms with Gasteiger partial charge in [-0.15, -0.1) is 23.1 Å². The van der Waals surface area contributed by atoms with Crippen molar-refractivity contribution in [2.75, 3.05) is 12.8 Å². The molecule has 0 bridgehead atoms. The molecule has 3 atom stereocenters. The van der Waals surface area contributed by atoms with Crippen molar-refractivity contribution < 1.29 is 24.3 Å². The summed E-state index contributed by atoms with van der Waals surface area (Å²) in [4.78, 5) is 44.1. The largest absolute Gasteiger partial charge is 0.480 e. The second kappa shape index (κ2) is 8.01. The van der Waals surface area contributed by atoms with Crippen LogP contribution in [-0.2, 0) is 19.2 Å². The number of oxime groups is 1. The molecule has 0 radical (unpaired) electrons. The highest BCUT2D eigenvalue weighted by molar-refractivity contribution is 8.01. The minimum absolute atomic E-state index is 0.135. The Morgan fingerprint density at radius 3 is 2.73 bits per heavy atom. The number of carbonyl (C=O) groups is 3. The topological polar surface area (TPSA) is 156 Å². The molecule has 1 aliphatic rings. The third-order valence-corrected chi connectivity index (χ3v) is 5.84. The first kappa shape index (κ1) is 20.1. The summed E-state index contributed by atoms with van der Waals surface area (Å²) in [6.07, 6.45) is 0.544. The molecule has 1 aliphatic heterocycles. The molecule has 0 unspecified atom stereocenters. The molecule has 142 valence electrons. The lowest BCUT2D eigenvalue weighted by molar-refractivity contribution is -0.140. The molecule has 10 nitrogen and oxygen atoms in total. The Hall–Kier alpha value is -2.18. The van der Waals surface area contributed by atoms with Crippen LogP contribution in [0.1, 0.15) is 19.5 Å². The van der Waals surface area contributed by atoms with Crippen molar-refractivity contribution in [3.05, 3.63) is 11.1 Å². The van der Waals surface area contributed by atoms with Gasteiger partial charge in [0.2, 0.25) is 0 Å². The van der Waals surface area contributed by atoms with Crippen LogP contribution in [-0.4, -0.2) is 63.3 Å². The number of aliphatic carboxylic acids is 1. The standard InChI is InChI=1S/C14H19N5O5S2/c1-14(2)9(12(22)23)18-11(26-14)6(4-20)16-10(21)8(19-24-3)7-5-25-13(15)17-7/h4-6,9,11,18H,1-3H3,(H2,15,17)(H,16,21)(H,22,23)/b19-8+/t6-,9+,11-/m1/s1. The first-order chi connectivity index (χ1) is 12.2. The average molecular weight is 401 g/mol. The van der Waals surface area contributed by atoms with E-state index in [1.807, 2.05) is 0 Å². The Labute approximate surface area is 157 Å². The number of hydrogen-bond acceptors (Lipinski definition) is 10. The number of rotatable bonds is 7. The highest BCUT2D eigenvalue weighted by atomic mass is 32.2. The van der Waals surface area contributed by atoms with Crippen LogP contribution in [0.15, 0.2) is 10.5 Å². The van der Waals surface area contributed by atoms with Gasteiger partial charge >= 0.3 is 5.97 Å². The Balaban J connectivity index is 2.16. The molecule has 0 spiro atoms. The maximum absolute atomic E-state index is 12.5. The molecule has 0 aliphatic carbocycles. The molecular formula is C14H19N5O5S2. The van der Waals surface area contributed by atoms with Crippen LogP contribution in [0.3, 0.4) is 0 Å². The fraction of sp³-hybridized carbons (Fsp3) is 0.500. The lowest BCUT2D eigenvalue weighted by atomic mass is 10.0. The van der Waals surface area contributed by atoms with Crippen molar-refractivity contribution in [3.8, 4) is 0 Å². The van der Waals surface area contributed by atoms with Crippen molar-refractivity contribution >= 4 is 52.1 Å². The number of anilines is 1. The SMILES string of the molecule is CO/N=C(/C(=O)N[C@H](C=O)[C@@H]1N[C@@H](C(=O)O)C(C)(C)S1)c1csc(N)n1. The molecule has 26 heavy (non-hydrogen) atoms. The molecule has 12 heteroatoms. The van der Waals surface area contributed by atoms with Gasteiger partial charge in [0.05, 0.1) is 5.37 Å². The number of carboxylic acids is 1. The van der Waals surface area contributed by atoms with Gasteiger partial charge in [-0.3, -0.25) is 14.9 Å². The summed E-state index contributed by atoms with van der Waals surface area (Å²) >= 11 is 2.39. The minimum atomic E-state index is -1.03. The van der Waals surface area contributed by atoms with Crippen LogP contribution >= 0.6 is 23.1 Å². The van der Waals surface area contributed by atoms with Crippen LogP contribution in [0.2, 0.25) is 0 Å². The van der Waals surface area contributed by atoms with Gasteiger partial charge < -0.3 is 25.8 Å². The molecule has 0 saturated carbocycles. The third kappa shape index (κ3) is 4.31. The normalized spacial score (nSPS) is 23.3. The van der Waals surface area contributed by atoms with Gasteiger partial charge in [-0.05, 0) is 13.8 Å². The Kier molecular flexibility index (Phi) is 6.21. The van der Waals surface area contributed by atoms with E-state index in [0.29, 0.717) is 6.29 Å². The van der Waals surface area contributed by atoms with Crippen molar-refractivity contribution in [2.24, 2.45) is 5.16 Å². The lowest BCUT2D eigenvalue weighted by Gasteiger charge is -2.21. The van der Waals surface area contributed by atoms with Gasteiger partial charge in [0.15, 0.2) is 10.8 Å². The maximum atomic E-state index is 12.5. The van der Waals surface area contributed by atoms with Crippen LogP contribution in [0, 0.1) is 0 Å². The second-order valence-electron chi connectivity index (χ2n) is 5.91. The Morgan fingerprint density at radius 2 is 2.27 bits per heavy atom. The average Bonchev–Trinajstić information content (AvgIpc) is 3.12. The number of nitrogen functional groups attached to an aromatic ring is 1. The van der Waals surface area contributed by atoms with Gasteiger partial charge in [-0.25, -0.2) is 4.98 Å². The summed E-state index contributed by atoms with van der Waals surface area (Å²) in [5.41, 5.74) is 5.65. The number of nitrogens with zero attached hydrogens (tertiary/aromatic N) is 2. The monoisotopic (exact) mass is 401 g/mol. The minimum Gasteiger partial charge on any atom is -0.480 e. The summed E-state index contributed by atoms with van der Waals surface area (Å²) in [7, 11) is 1.27. The number of thioether (sulfide) groups is 1. The van der Waals surface area contributed by atoms with E-state index in [1.54, 1.807) is 13.8 Å². The molecule has 1 aromatic rings. The van der Waals surface area contributed by atoms with E-state index in [4.69, 9.17) is 5.73 Å². The van der Waals surface area contributed by atoms with Crippen LogP contribution in [0.4, 0.5) is 5.13 Å². The molecule has 1 amide bonds. The van der Waals surface area contributed by atoms with Crippen LogP contribution in [0.25, 0.3) is 0 Å². The van der Waals surface area contributed by atoms with Gasteiger partial charge in [-0.2, -0.15) is 0 Å². The summed E-state index contributed by atoms with van der Waals surface area (Å²) < 4.78 is -0.657. The summed E-state index contributed by atoms with van der Waals surface area (Å²) in [5.74, 6) is -1.71. The number of aromatic nitrogens is 1. The molecule has 2 rings (SSSR count). The zero-order valence-electron chi connectivity index (χ0n) is 14.3. The molecular weight excluding hydrogens is 382 g/mol. The zero-order chi connectivity index (χ0) is 19.5. The highest BCUT2D eigenvalue weighted by Crippen LogP contribution is 2.38. The lowest BCUT2D eigenvalue weighted by Crippen LogP contribution is -2.52. The molecule has 0 aromatic carbocycles. The number of amides is 1. The maximum Gasteiger partial charge on any atom is 0.322 e. The number of hydrogen-bond donors (Lipinski definition) is 4. The van der Waals surface area contributed by atoms with E-state index in [-0.39, 0.29) is 16.5 Å². The van der Waals surface area contributed by atoms with Crippen LogP contribution < -0.4 is 16.4 Å². The van der Waals surface area contributed by atoms with Crippen molar-refractivity contribution in [1.82, 2.24) is 15.6 Å². The fourth-order valence-corrected chi connectivity index (χ4v) is 4.42. The first-order valence-corrected chi connectivity index (χ1v) is 9.21. The zero-order valence-corrected chi connectivity index (χ0v) is 15.9. The van der Waals surface area contributed by atoms with E-state index in [1.165, 1.54) is 24.3 Å². The number of carboxylic acid groups (broad SMARTS) is 1. The van der Waals surface area contributed by atoms with E-state index >= 15 is 0 Å². The quantitative estimate of drug-likeness (QED) is 0.272.